The molecule has 2 aromatic heterocycles. The van der Waals surface area contributed by atoms with Gasteiger partial charge in [0.25, 0.3) is 16.9 Å². The molecule has 2 aromatic rings. The average Bonchev–Trinajstić information content (AvgIpc) is 3.46. The average molecular weight is 516 g/mol. The number of nitrogens with two attached hydrogens (primary N) is 1. The Kier molecular flexibility index (Phi) is 8.08. The maximum absolute atomic E-state index is 12.7. The molecule has 2 atom stereocenters. The molecule has 4 heterocycles. The third-order valence-electron chi connectivity index (χ3n) is 4.63. The molecule has 0 aliphatic carbocycles. The summed E-state index contributed by atoms with van der Waals surface area (Å²) in [4.78, 5) is 53.8. The maximum Gasteiger partial charge on any atom is 1.00 e. The molecule has 2 aliphatic rings. The van der Waals surface area contributed by atoms with Crippen LogP contribution < -0.4 is 45.7 Å². The first-order valence-electron chi connectivity index (χ1n) is 8.97. The van der Waals surface area contributed by atoms with Crippen LogP contribution in [0.25, 0.3) is 0 Å². The normalized spacial score (nSPS) is 19.3. The van der Waals surface area contributed by atoms with Crippen molar-refractivity contribution in [2.75, 3.05) is 17.2 Å². The van der Waals surface area contributed by atoms with Crippen LogP contribution in [-0.4, -0.2) is 61.4 Å². The molecule has 4 rings (SSSR count). The molecule has 0 spiro atoms. The first-order valence-corrected chi connectivity index (χ1v) is 11.9. The minimum absolute atomic E-state index is 0. The molecule has 166 valence electrons. The predicted molar refractivity (Wildman–Crippen MR) is 116 cm³/mol. The number of rotatable bonds is 7. The van der Waals surface area contributed by atoms with Crippen LogP contribution in [0.5, 0.6) is 0 Å². The van der Waals surface area contributed by atoms with Gasteiger partial charge in [0.1, 0.15) is 22.8 Å². The van der Waals surface area contributed by atoms with E-state index < -0.39 is 34.9 Å². The van der Waals surface area contributed by atoms with Crippen LogP contribution >= 0.6 is 34.9 Å². The number of hydrogen-bond acceptors (Lipinski definition) is 12. The van der Waals surface area contributed by atoms with Crippen molar-refractivity contribution >= 4 is 68.6 Å². The number of aliphatic carboxylic acids is 1. The van der Waals surface area contributed by atoms with E-state index in [1.54, 1.807) is 6.07 Å². The van der Waals surface area contributed by atoms with Gasteiger partial charge < -0.3 is 25.4 Å². The van der Waals surface area contributed by atoms with Gasteiger partial charge in [0.15, 0.2) is 10.9 Å². The molecule has 0 radical (unpaired) electrons. The number of carboxylic acids is 1. The second-order valence-electron chi connectivity index (χ2n) is 6.60. The zero-order valence-electron chi connectivity index (χ0n) is 17.0. The quantitative estimate of drug-likeness (QED) is 0.192. The zero-order chi connectivity index (χ0) is 23.0. The Morgan fingerprint density at radius 3 is 2.79 bits per heavy atom. The fourth-order valence-corrected chi connectivity index (χ4v) is 5.97. The third-order valence-corrected chi connectivity index (χ3v) is 7.60. The zero-order valence-corrected chi connectivity index (χ0v) is 21.5. The van der Waals surface area contributed by atoms with Crippen molar-refractivity contribution < 1.29 is 58.3 Å². The summed E-state index contributed by atoms with van der Waals surface area (Å²) in [5.74, 6) is -2.60. The van der Waals surface area contributed by atoms with Gasteiger partial charge in [0.05, 0.1) is 17.9 Å². The standard InChI is InChI=1S/C18H15N5O6S3.Na/c19-10(8-6-32-18(20)21-8)13(24)22-11-14(25)23-12(16(26)27)7(4-30-15(11)23)5-31-17(28)9-2-1-3-29-9;/h1-3,6,11,15,19H,4-5H2,(H2,20,21)(H,22,24)(H,26,27);/q;+1/p-1. The van der Waals surface area contributed by atoms with Crippen molar-refractivity contribution in [2.45, 2.75) is 11.4 Å². The Labute approximate surface area is 221 Å². The van der Waals surface area contributed by atoms with Crippen molar-refractivity contribution in [1.29, 1.82) is 5.41 Å². The van der Waals surface area contributed by atoms with Gasteiger partial charge in [-0.15, -0.1) is 23.1 Å². The molecule has 11 nitrogen and oxygen atoms in total. The van der Waals surface area contributed by atoms with Gasteiger partial charge in [0, 0.05) is 16.9 Å². The smallest absolute Gasteiger partial charge is 0.543 e. The Morgan fingerprint density at radius 2 is 2.18 bits per heavy atom. The number of thiazole rings is 1. The molecule has 2 aliphatic heterocycles. The Hall–Kier alpha value is -2.10. The summed E-state index contributed by atoms with van der Waals surface area (Å²) in [6.07, 6.45) is 1.36. The number of nitrogen functional groups attached to an aromatic ring is 1. The summed E-state index contributed by atoms with van der Waals surface area (Å²) in [5, 5.41) is 22.8. The number of anilines is 1. The molecule has 0 saturated carbocycles. The monoisotopic (exact) mass is 515 g/mol. The van der Waals surface area contributed by atoms with Gasteiger partial charge in [-0.3, -0.25) is 24.7 Å². The number of carbonyl (C=O) groups is 4. The molecule has 1 saturated heterocycles. The van der Waals surface area contributed by atoms with Crippen LogP contribution in [0.4, 0.5) is 5.13 Å². The van der Waals surface area contributed by atoms with E-state index in [-0.39, 0.29) is 68.5 Å². The molecule has 1 fully saturated rings. The van der Waals surface area contributed by atoms with Gasteiger partial charge in [-0.2, -0.15) is 0 Å². The molecule has 33 heavy (non-hydrogen) atoms. The van der Waals surface area contributed by atoms with E-state index in [0.717, 1.165) is 28.0 Å². The van der Waals surface area contributed by atoms with Gasteiger partial charge in [-0.05, 0) is 17.7 Å². The fraction of sp³-hybridized carbons (Fsp3) is 0.222. The third kappa shape index (κ3) is 5.05. The van der Waals surface area contributed by atoms with Crippen molar-refractivity contribution in [3.05, 3.63) is 46.5 Å². The van der Waals surface area contributed by atoms with E-state index in [1.165, 1.54) is 29.5 Å². The van der Waals surface area contributed by atoms with Crippen LogP contribution in [-0.2, 0) is 14.4 Å². The van der Waals surface area contributed by atoms with Gasteiger partial charge in [-0.25, -0.2) is 4.98 Å². The van der Waals surface area contributed by atoms with E-state index in [4.69, 9.17) is 15.6 Å². The number of aromatic nitrogens is 1. The van der Waals surface area contributed by atoms with Gasteiger partial charge in [0.2, 0.25) is 0 Å². The SMILES string of the molecule is N=C(C(=O)NC1C(=O)N2C(C(=O)[O-])=C(CSC(=O)c3ccco3)CSC12)c1csc(N)n1.[Na+]. The van der Waals surface area contributed by atoms with E-state index >= 15 is 0 Å². The van der Waals surface area contributed by atoms with E-state index in [2.05, 4.69) is 10.3 Å². The Bertz CT molecular complexity index is 1160. The number of β-lactam (4-membered cyclic amide) rings is 1. The summed E-state index contributed by atoms with van der Waals surface area (Å²) < 4.78 is 5.03. The van der Waals surface area contributed by atoms with E-state index in [9.17, 15) is 24.3 Å². The number of amides is 2. The number of thioether (sulfide) groups is 2. The largest absolute Gasteiger partial charge is 1.00 e. The van der Waals surface area contributed by atoms with Crippen molar-refractivity contribution in [1.82, 2.24) is 15.2 Å². The number of carbonyl (C=O) groups excluding carboxylic acids is 4. The first-order chi connectivity index (χ1) is 15.3. The summed E-state index contributed by atoms with van der Waals surface area (Å²) in [5.41, 5.74) is 5.21. The number of fused-ring (bicyclic) bond motifs is 1. The van der Waals surface area contributed by atoms with Gasteiger partial charge in [-0.1, -0.05) is 11.8 Å². The summed E-state index contributed by atoms with van der Waals surface area (Å²) in [7, 11) is 0. The van der Waals surface area contributed by atoms with Crippen LogP contribution in [0.3, 0.4) is 0 Å². The Morgan fingerprint density at radius 1 is 1.42 bits per heavy atom. The molecular formula is C18H14N5NaO6S3. The molecule has 4 N–H and O–H groups in total. The predicted octanol–water partition coefficient (Wildman–Crippen LogP) is -3.33. The van der Waals surface area contributed by atoms with Crippen LogP contribution in [0, 0.1) is 5.41 Å². The summed E-state index contributed by atoms with van der Waals surface area (Å²) in [6, 6.07) is 2.06. The molecule has 0 bridgehead atoms. The second kappa shape index (κ2) is 10.4. The first kappa shape index (κ1) is 25.5. The summed E-state index contributed by atoms with van der Waals surface area (Å²) >= 11 is 3.18. The Balaban J connectivity index is 0.00000306. The molecule has 2 unspecified atom stereocenters. The minimum Gasteiger partial charge on any atom is -0.543 e. The molecular weight excluding hydrogens is 501 g/mol. The number of carboxylic acid groups (broad SMARTS) is 1. The molecule has 15 heteroatoms. The molecule has 2 amide bonds. The van der Waals surface area contributed by atoms with Crippen molar-refractivity contribution in [3.8, 4) is 0 Å². The number of hydrogen-bond donors (Lipinski definition) is 3. The van der Waals surface area contributed by atoms with Crippen LogP contribution in [0.1, 0.15) is 16.2 Å². The summed E-state index contributed by atoms with van der Waals surface area (Å²) in [6.45, 7) is 0. The van der Waals surface area contributed by atoms with Gasteiger partial charge >= 0.3 is 29.6 Å². The minimum atomic E-state index is -1.54. The topological polar surface area (TPSA) is 183 Å². The number of nitrogens with one attached hydrogen (secondary N) is 2. The number of furan rings is 1. The fourth-order valence-electron chi connectivity index (χ4n) is 3.13. The van der Waals surface area contributed by atoms with Crippen molar-refractivity contribution in [3.63, 3.8) is 0 Å². The van der Waals surface area contributed by atoms with E-state index in [1.807, 2.05) is 0 Å². The molecule has 0 aromatic carbocycles. The number of nitrogens with zero attached hydrogens (tertiary/aromatic N) is 2. The maximum atomic E-state index is 12.7. The van der Waals surface area contributed by atoms with E-state index in [0.29, 0.717) is 5.57 Å². The van der Waals surface area contributed by atoms with Crippen LogP contribution in [0.15, 0.2) is 39.5 Å². The van der Waals surface area contributed by atoms with Crippen molar-refractivity contribution in [2.24, 2.45) is 0 Å². The van der Waals surface area contributed by atoms with Crippen LogP contribution in [0.2, 0.25) is 0 Å². The second-order valence-corrected chi connectivity index (χ2v) is 9.54.